The van der Waals surface area contributed by atoms with Gasteiger partial charge in [0, 0.05) is 19.1 Å². The Bertz CT molecular complexity index is 765. The summed E-state index contributed by atoms with van der Waals surface area (Å²) in [6.45, 7) is 9.93. The van der Waals surface area contributed by atoms with Gasteiger partial charge in [-0.05, 0) is 59.1 Å². The third-order valence-electron chi connectivity index (χ3n) is 4.63. The number of anilines is 1. The average molecular weight is 388 g/mol. The Morgan fingerprint density at radius 2 is 1.74 bits per heavy atom. The van der Waals surface area contributed by atoms with Crippen LogP contribution in [-0.2, 0) is 4.79 Å². The van der Waals surface area contributed by atoms with Gasteiger partial charge in [0.2, 0.25) is 11.9 Å². The highest BCUT2D eigenvalue weighted by atomic mass is 32.2. The first kappa shape index (κ1) is 19.7. The molecule has 1 N–H and O–H groups in total. The smallest absolute Gasteiger partial charge is 0.233 e. The minimum absolute atomic E-state index is 0.0213. The molecule has 0 radical (unpaired) electrons. The van der Waals surface area contributed by atoms with Crippen molar-refractivity contribution < 1.29 is 4.79 Å². The van der Waals surface area contributed by atoms with Gasteiger partial charge in [0.05, 0.1) is 10.9 Å². The Kier molecular flexibility index (Phi) is 6.42. The molecule has 1 aromatic carbocycles. The molecule has 0 bridgehead atoms. The van der Waals surface area contributed by atoms with Gasteiger partial charge >= 0.3 is 0 Å². The summed E-state index contributed by atoms with van der Waals surface area (Å²) in [5.41, 5.74) is 2.25. The lowest BCUT2D eigenvalue weighted by atomic mass is 10.1. The maximum absolute atomic E-state index is 12.4. The number of carbonyl (C=O) groups is 1. The fraction of sp³-hybridized carbons (Fsp3) is 0.550. The van der Waals surface area contributed by atoms with Gasteiger partial charge in [-0.3, -0.25) is 9.36 Å². The number of benzene rings is 1. The summed E-state index contributed by atoms with van der Waals surface area (Å²) in [7, 11) is 0. The maximum Gasteiger partial charge on any atom is 0.233 e. The molecular formula is C20H29N5OS. The third kappa shape index (κ3) is 4.83. The standard InChI is InChI=1S/C20H29N5OS/c1-14(2)21-18(26)16(4)27-20-23-22-19(24-12-6-5-7-13-24)25(20)17-10-8-15(3)9-11-17/h8-11,14,16H,5-7,12-13H2,1-4H3,(H,21,26)/t16-/m0/s1. The number of carbonyl (C=O) groups excluding carboxylic acids is 1. The lowest BCUT2D eigenvalue weighted by molar-refractivity contribution is -0.120. The molecule has 0 unspecified atom stereocenters. The van der Waals surface area contributed by atoms with E-state index in [4.69, 9.17) is 0 Å². The van der Waals surface area contributed by atoms with E-state index in [1.165, 1.54) is 36.6 Å². The Hall–Kier alpha value is -2.02. The fourth-order valence-corrected chi connectivity index (χ4v) is 4.04. The lowest BCUT2D eigenvalue weighted by Gasteiger charge is -2.28. The molecule has 1 aliphatic rings. The molecule has 2 aromatic rings. The topological polar surface area (TPSA) is 63.1 Å². The molecule has 0 aliphatic carbocycles. The minimum Gasteiger partial charge on any atom is -0.353 e. The van der Waals surface area contributed by atoms with Crippen LogP contribution in [0.25, 0.3) is 5.69 Å². The number of aromatic nitrogens is 3. The van der Waals surface area contributed by atoms with E-state index < -0.39 is 0 Å². The van der Waals surface area contributed by atoms with Crippen molar-refractivity contribution in [3.63, 3.8) is 0 Å². The van der Waals surface area contributed by atoms with Crippen molar-refractivity contribution in [3.05, 3.63) is 29.8 Å². The molecule has 1 amide bonds. The second-order valence-corrected chi connectivity index (χ2v) is 8.73. The van der Waals surface area contributed by atoms with Crippen LogP contribution in [0.4, 0.5) is 5.95 Å². The highest BCUT2D eigenvalue weighted by molar-refractivity contribution is 8.00. The number of aryl methyl sites for hydroxylation is 1. The molecule has 3 rings (SSSR count). The van der Waals surface area contributed by atoms with E-state index in [9.17, 15) is 4.79 Å². The normalized spacial score (nSPS) is 15.8. The van der Waals surface area contributed by atoms with Crippen LogP contribution in [-0.4, -0.2) is 45.1 Å². The first-order valence-corrected chi connectivity index (χ1v) is 10.6. The first-order chi connectivity index (χ1) is 13.0. The predicted molar refractivity (Wildman–Crippen MR) is 111 cm³/mol. The highest BCUT2D eigenvalue weighted by Gasteiger charge is 2.24. The summed E-state index contributed by atoms with van der Waals surface area (Å²) in [6, 6.07) is 8.50. The Morgan fingerprint density at radius 3 is 2.37 bits per heavy atom. The second kappa shape index (κ2) is 8.78. The average Bonchev–Trinajstić information content (AvgIpc) is 3.06. The molecule has 27 heavy (non-hydrogen) atoms. The molecule has 1 saturated heterocycles. The zero-order valence-electron chi connectivity index (χ0n) is 16.6. The Morgan fingerprint density at radius 1 is 1.07 bits per heavy atom. The molecule has 2 heterocycles. The van der Waals surface area contributed by atoms with E-state index >= 15 is 0 Å². The number of thioether (sulfide) groups is 1. The number of hydrogen-bond acceptors (Lipinski definition) is 5. The zero-order valence-corrected chi connectivity index (χ0v) is 17.4. The summed E-state index contributed by atoms with van der Waals surface area (Å²) in [6.07, 6.45) is 3.62. The van der Waals surface area contributed by atoms with E-state index in [2.05, 4.69) is 56.2 Å². The zero-order chi connectivity index (χ0) is 19.4. The van der Waals surface area contributed by atoms with E-state index in [0.29, 0.717) is 0 Å². The van der Waals surface area contributed by atoms with Gasteiger partial charge in [-0.2, -0.15) is 0 Å². The van der Waals surface area contributed by atoms with Crippen LogP contribution in [0.3, 0.4) is 0 Å². The number of nitrogens with zero attached hydrogens (tertiary/aromatic N) is 4. The van der Waals surface area contributed by atoms with E-state index in [1.54, 1.807) is 0 Å². The number of amides is 1. The summed E-state index contributed by atoms with van der Waals surface area (Å²) >= 11 is 1.45. The van der Waals surface area contributed by atoms with Crippen LogP contribution < -0.4 is 10.2 Å². The van der Waals surface area contributed by atoms with Gasteiger partial charge in [0.25, 0.3) is 0 Å². The van der Waals surface area contributed by atoms with E-state index in [-0.39, 0.29) is 17.2 Å². The third-order valence-corrected chi connectivity index (χ3v) is 5.67. The van der Waals surface area contributed by atoms with Crippen LogP contribution in [0.1, 0.15) is 45.6 Å². The monoisotopic (exact) mass is 387 g/mol. The van der Waals surface area contributed by atoms with Crippen LogP contribution in [0.15, 0.2) is 29.4 Å². The molecule has 1 atom stereocenters. The van der Waals surface area contributed by atoms with Crippen molar-refractivity contribution in [3.8, 4) is 5.69 Å². The number of hydrogen-bond donors (Lipinski definition) is 1. The van der Waals surface area contributed by atoms with Crippen LogP contribution >= 0.6 is 11.8 Å². The molecule has 0 saturated carbocycles. The first-order valence-electron chi connectivity index (χ1n) is 9.70. The van der Waals surface area contributed by atoms with E-state index in [1.807, 2.05) is 20.8 Å². The number of rotatable bonds is 6. The molecule has 6 nitrogen and oxygen atoms in total. The summed E-state index contributed by atoms with van der Waals surface area (Å²) in [5.74, 6) is 0.894. The molecule has 1 aliphatic heterocycles. The Labute approximate surface area is 165 Å². The van der Waals surface area contributed by atoms with Crippen molar-refractivity contribution >= 4 is 23.6 Å². The van der Waals surface area contributed by atoms with Crippen molar-refractivity contribution in [2.24, 2.45) is 0 Å². The van der Waals surface area contributed by atoms with Crippen LogP contribution in [0.2, 0.25) is 0 Å². The number of piperidine rings is 1. The second-order valence-electron chi connectivity index (χ2n) is 7.42. The lowest BCUT2D eigenvalue weighted by Crippen LogP contribution is -2.36. The van der Waals surface area contributed by atoms with Gasteiger partial charge in [-0.25, -0.2) is 0 Å². The van der Waals surface area contributed by atoms with E-state index in [0.717, 1.165) is 29.9 Å². The molecule has 146 valence electrons. The van der Waals surface area contributed by atoms with Crippen molar-refractivity contribution in [1.29, 1.82) is 0 Å². The summed E-state index contributed by atoms with van der Waals surface area (Å²) in [5, 5.41) is 12.4. The predicted octanol–water partition coefficient (Wildman–Crippen LogP) is 3.57. The van der Waals surface area contributed by atoms with Crippen LogP contribution in [0, 0.1) is 6.92 Å². The van der Waals surface area contributed by atoms with Gasteiger partial charge < -0.3 is 10.2 Å². The molecule has 1 aromatic heterocycles. The highest BCUT2D eigenvalue weighted by Crippen LogP contribution is 2.30. The van der Waals surface area contributed by atoms with Gasteiger partial charge in [-0.15, -0.1) is 10.2 Å². The van der Waals surface area contributed by atoms with Crippen molar-refractivity contribution in [1.82, 2.24) is 20.1 Å². The summed E-state index contributed by atoms with van der Waals surface area (Å²) in [4.78, 5) is 14.7. The van der Waals surface area contributed by atoms with Crippen molar-refractivity contribution in [2.75, 3.05) is 18.0 Å². The molecule has 0 spiro atoms. The molecule has 1 fully saturated rings. The quantitative estimate of drug-likeness (QED) is 0.768. The van der Waals surface area contributed by atoms with Gasteiger partial charge in [0.15, 0.2) is 5.16 Å². The van der Waals surface area contributed by atoms with Gasteiger partial charge in [-0.1, -0.05) is 29.5 Å². The summed E-state index contributed by atoms with van der Waals surface area (Å²) < 4.78 is 2.09. The van der Waals surface area contributed by atoms with Crippen LogP contribution in [0.5, 0.6) is 0 Å². The SMILES string of the molecule is Cc1ccc(-n2c(S[C@@H](C)C(=O)NC(C)C)nnc2N2CCCCC2)cc1. The Balaban J connectivity index is 1.92. The largest absolute Gasteiger partial charge is 0.353 e. The number of nitrogens with one attached hydrogen (secondary N) is 1. The molecular weight excluding hydrogens is 358 g/mol. The van der Waals surface area contributed by atoms with Gasteiger partial charge in [0.1, 0.15) is 0 Å². The molecule has 7 heteroatoms. The minimum atomic E-state index is -0.241. The fourth-order valence-electron chi connectivity index (χ4n) is 3.17. The van der Waals surface area contributed by atoms with Crippen molar-refractivity contribution in [2.45, 2.75) is 63.4 Å². The maximum atomic E-state index is 12.4.